The second kappa shape index (κ2) is 6.57. The second-order valence-corrected chi connectivity index (χ2v) is 5.99. The van der Waals surface area contributed by atoms with Crippen LogP contribution in [0.2, 0.25) is 0 Å². The first-order valence-corrected chi connectivity index (χ1v) is 7.59. The SMILES string of the molecule is C[C@@H]1CNCCN1C(=O)Cc1csc2ccccc12.Cl. The quantitative estimate of drug-likeness (QED) is 0.925. The van der Waals surface area contributed by atoms with Gasteiger partial charge in [0.2, 0.25) is 5.91 Å². The molecular weight excluding hydrogens is 292 g/mol. The van der Waals surface area contributed by atoms with E-state index in [1.165, 1.54) is 10.1 Å². The number of carbonyl (C=O) groups is 1. The Morgan fingerprint density at radius 2 is 2.25 bits per heavy atom. The molecule has 1 N–H and O–H groups in total. The van der Waals surface area contributed by atoms with Crippen LogP contribution in [0.15, 0.2) is 29.6 Å². The number of fused-ring (bicyclic) bond motifs is 1. The summed E-state index contributed by atoms with van der Waals surface area (Å²) < 4.78 is 1.26. The third-order valence-corrected chi connectivity index (χ3v) is 4.74. The molecule has 1 aromatic heterocycles. The standard InChI is InChI=1S/C15H18N2OS.ClH/c1-11-9-16-6-7-17(11)15(18)8-12-10-19-14-5-3-2-4-13(12)14;/h2-5,10-11,16H,6-9H2,1H3;1H/t11-;/m1./s1. The van der Waals surface area contributed by atoms with Crippen molar-refractivity contribution in [3.63, 3.8) is 0 Å². The van der Waals surface area contributed by atoms with Crippen LogP contribution >= 0.6 is 23.7 Å². The summed E-state index contributed by atoms with van der Waals surface area (Å²) in [5.74, 6) is 0.248. The molecule has 0 radical (unpaired) electrons. The first-order valence-electron chi connectivity index (χ1n) is 6.71. The van der Waals surface area contributed by atoms with E-state index in [9.17, 15) is 4.79 Å². The fourth-order valence-corrected chi connectivity index (χ4v) is 3.61. The fraction of sp³-hybridized carbons (Fsp3) is 0.400. The Hall–Kier alpha value is -1.10. The van der Waals surface area contributed by atoms with Crippen molar-refractivity contribution in [1.29, 1.82) is 0 Å². The monoisotopic (exact) mass is 310 g/mol. The number of thiophene rings is 1. The molecular formula is C15H19ClN2OS. The van der Waals surface area contributed by atoms with E-state index in [1.54, 1.807) is 11.3 Å². The van der Waals surface area contributed by atoms with Gasteiger partial charge >= 0.3 is 0 Å². The smallest absolute Gasteiger partial charge is 0.227 e. The minimum absolute atomic E-state index is 0. The van der Waals surface area contributed by atoms with Crippen molar-refractivity contribution in [2.24, 2.45) is 0 Å². The summed E-state index contributed by atoms with van der Waals surface area (Å²) in [5.41, 5.74) is 1.16. The maximum Gasteiger partial charge on any atom is 0.227 e. The first kappa shape index (κ1) is 15.3. The highest BCUT2D eigenvalue weighted by Gasteiger charge is 2.23. The summed E-state index contributed by atoms with van der Waals surface area (Å²) in [5, 5.41) is 6.66. The van der Waals surface area contributed by atoms with Gasteiger partial charge in [0.05, 0.1) is 6.42 Å². The molecule has 0 unspecified atom stereocenters. The number of nitrogens with one attached hydrogen (secondary N) is 1. The Balaban J connectivity index is 0.00000147. The van der Waals surface area contributed by atoms with Crippen LogP contribution in [-0.2, 0) is 11.2 Å². The molecule has 2 heterocycles. The van der Waals surface area contributed by atoms with Gasteiger partial charge < -0.3 is 10.2 Å². The molecule has 3 nitrogen and oxygen atoms in total. The second-order valence-electron chi connectivity index (χ2n) is 5.07. The lowest BCUT2D eigenvalue weighted by molar-refractivity contribution is -0.133. The zero-order valence-corrected chi connectivity index (χ0v) is 13.1. The third kappa shape index (κ3) is 2.97. The Kier molecular flexibility index (Phi) is 5.02. The highest BCUT2D eigenvalue weighted by atomic mass is 35.5. The van der Waals surface area contributed by atoms with Crippen LogP contribution < -0.4 is 5.32 Å². The summed E-state index contributed by atoms with van der Waals surface area (Å²) in [6, 6.07) is 8.60. The summed E-state index contributed by atoms with van der Waals surface area (Å²) in [4.78, 5) is 14.4. The summed E-state index contributed by atoms with van der Waals surface area (Å²) >= 11 is 1.72. The van der Waals surface area contributed by atoms with Crippen molar-refractivity contribution in [2.75, 3.05) is 19.6 Å². The number of nitrogens with zero attached hydrogens (tertiary/aromatic N) is 1. The highest BCUT2D eigenvalue weighted by molar-refractivity contribution is 7.17. The molecule has 0 bridgehead atoms. The molecule has 20 heavy (non-hydrogen) atoms. The molecule has 2 aromatic rings. The number of rotatable bonds is 2. The third-order valence-electron chi connectivity index (χ3n) is 3.72. The van der Waals surface area contributed by atoms with E-state index in [0.717, 1.165) is 25.2 Å². The van der Waals surface area contributed by atoms with E-state index in [4.69, 9.17) is 0 Å². The largest absolute Gasteiger partial charge is 0.337 e. The Bertz CT molecular complexity index is 598. The van der Waals surface area contributed by atoms with Crippen molar-refractivity contribution in [2.45, 2.75) is 19.4 Å². The summed E-state index contributed by atoms with van der Waals surface area (Å²) in [6.45, 7) is 4.73. The molecule has 1 fully saturated rings. The molecule has 0 aliphatic carbocycles. The number of carbonyl (C=O) groups excluding carboxylic acids is 1. The van der Waals surface area contributed by atoms with Crippen molar-refractivity contribution in [3.05, 3.63) is 35.2 Å². The van der Waals surface area contributed by atoms with Crippen LogP contribution in [0.1, 0.15) is 12.5 Å². The van der Waals surface area contributed by atoms with E-state index < -0.39 is 0 Å². The average molecular weight is 311 g/mol. The van der Waals surface area contributed by atoms with Gasteiger partial charge in [-0.2, -0.15) is 0 Å². The maximum absolute atomic E-state index is 12.4. The van der Waals surface area contributed by atoms with Crippen molar-refractivity contribution >= 4 is 39.7 Å². The van der Waals surface area contributed by atoms with Gasteiger partial charge in [-0.15, -0.1) is 23.7 Å². The van der Waals surface area contributed by atoms with Crippen LogP contribution in [0, 0.1) is 0 Å². The normalized spacial score (nSPS) is 18.9. The number of hydrogen-bond acceptors (Lipinski definition) is 3. The molecule has 1 aromatic carbocycles. The number of amides is 1. The van der Waals surface area contributed by atoms with Gasteiger partial charge in [0.15, 0.2) is 0 Å². The molecule has 0 spiro atoms. The minimum atomic E-state index is 0. The molecule has 1 saturated heterocycles. The van der Waals surface area contributed by atoms with E-state index in [0.29, 0.717) is 12.5 Å². The zero-order chi connectivity index (χ0) is 13.2. The van der Waals surface area contributed by atoms with Gasteiger partial charge in [-0.25, -0.2) is 0 Å². The number of halogens is 1. The van der Waals surface area contributed by atoms with Crippen molar-refractivity contribution in [3.8, 4) is 0 Å². The topological polar surface area (TPSA) is 32.3 Å². The highest BCUT2D eigenvalue weighted by Crippen LogP contribution is 2.26. The van der Waals surface area contributed by atoms with Crippen molar-refractivity contribution in [1.82, 2.24) is 10.2 Å². The average Bonchev–Trinajstić information content (AvgIpc) is 2.83. The van der Waals surface area contributed by atoms with Gasteiger partial charge in [0.25, 0.3) is 0 Å². The van der Waals surface area contributed by atoms with Gasteiger partial charge in [-0.1, -0.05) is 18.2 Å². The van der Waals surface area contributed by atoms with Crippen LogP contribution in [-0.4, -0.2) is 36.5 Å². The van der Waals surface area contributed by atoms with Crippen LogP contribution in [0.3, 0.4) is 0 Å². The summed E-state index contributed by atoms with van der Waals surface area (Å²) in [6.07, 6.45) is 0.522. The van der Waals surface area contributed by atoms with Gasteiger partial charge in [-0.05, 0) is 29.3 Å². The van der Waals surface area contributed by atoms with Crippen LogP contribution in [0.5, 0.6) is 0 Å². The number of piperazine rings is 1. The van der Waals surface area contributed by atoms with E-state index >= 15 is 0 Å². The predicted molar refractivity (Wildman–Crippen MR) is 86.8 cm³/mol. The lowest BCUT2D eigenvalue weighted by Crippen LogP contribution is -2.52. The number of benzene rings is 1. The van der Waals surface area contributed by atoms with Crippen LogP contribution in [0.4, 0.5) is 0 Å². The molecule has 1 amide bonds. The van der Waals surface area contributed by atoms with E-state index in [1.807, 2.05) is 17.0 Å². The van der Waals surface area contributed by atoms with E-state index in [2.05, 4.69) is 29.8 Å². The van der Waals surface area contributed by atoms with Gasteiger partial charge in [0, 0.05) is 30.4 Å². The van der Waals surface area contributed by atoms with E-state index in [-0.39, 0.29) is 18.3 Å². The van der Waals surface area contributed by atoms with Gasteiger partial charge in [-0.3, -0.25) is 4.79 Å². The maximum atomic E-state index is 12.4. The lowest BCUT2D eigenvalue weighted by atomic mass is 10.1. The predicted octanol–water partition coefficient (Wildman–Crippen LogP) is 2.69. The van der Waals surface area contributed by atoms with Crippen molar-refractivity contribution < 1.29 is 4.79 Å². The Labute approximate surface area is 129 Å². The molecule has 0 saturated carbocycles. The molecule has 3 rings (SSSR count). The molecule has 1 atom stereocenters. The zero-order valence-electron chi connectivity index (χ0n) is 11.5. The lowest BCUT2D eigenvalue weighted by Gasteiger charge is -2.34. The Morgan fingerprint density at radius 3 is 3.05 bits per heavy atom. The van der Waals surface area contributed by atoms with Gasteiger partial charge in [0.1, 0.15) is 0 Å². The molecule has 108 valence electrons. The first-order chi connectivity index (χ1) is 9.25. The molecule has 5 heteroatoms. The fourth-order valence-electron chi connectivity index (χ4n) is 2.65. The number of hydrogen-bond donors (Lipinski definition) is 1. The minimum Gasteiger partial charge on any atom is -0.337 e. The summed E-state index contributed by atoms with van der Waals surface area (Å²) in [7, 11) is 0. The molecule has 1 aliphatic rings. The van der Waals surface area contributed by atoms with Crippen LogP contribution in [0.25, 0.3) is 10.1 Å². The Morgan fingerprint density at radius 1 is 1.45 bits per heavy atom. The molecule has 1 aliphatic heterocycles.